The van der Waals surface area contributed by atoms with Crippen LogP contribution in [0.4, 0.5) is 5.69 Å². The summed E-state index contributed by atoms with van der Waals surface area (Å²) in [5.74, 6) is 0. The molecule has 2 rings (SSSR count). The molecule has 1 aromatic carbocycles. The van der Waals surface area contributed by atoms with Crippen LogP contribution in [0.15, 0.2) is 24.3 Å². The second-order valence-corrected chi connectivity index (χ2v) is 8.14. The first-order valence-electron chi connectivity index (χ1n) is 6.39. The van der Waals surface area contributed by atoms with Crippen LogP contribution in [-0.2, 0) is 29.0 Å². The molecule has 0 atom stereocenters. The zero-order chi connectivity index (χ0) is 17.4. The van der Waals surface area contributed by atoms with E-state index in [2.05, 4.69) is 11.1 Å². The molecule has 0 radical (unpaired) electrons. The average molecular weight is 403 g/mol. The van der Waals surface area contributed by atoms with E-state index in [0.717, 1.165) is 14.6 Å². The first-order valence-corrected chi connectivity index (χ1v) is 8.26. The summed E-state index contributed by atoms with van der Waals surface area (Å²) in [7, 11) is 0. The maximum Gasteiger partial charge on any atom is 0.216 e. The number of hydrogen-bond acceptors (Lipinski definition) is 4. The van der Waals surface area contributed by atoms with Gasteiger partial charge in [0, 0.05) is 29.0 Å². The van der Waals surface area contributed by atoms with Gasteiger partial charge in [0.1, 0.15) is 6.07 Å². The molecule has 0 amide bonds. The molecule has 0 aliphatic carbocycles. The molecule has 0 saturated heterocycles. The zero-order valence-corrected chi connectivity index (χ0v) is 16.0. The van der Waals surface area contributed by atoms with Crippen LogP contribution in [0.1, 0.15) is 22.4 Å². The lowest BCUT2D eigenvalue weighted by atomic mass is 9.97. The fraction of sp³-hybridized carbons (Fsp3) is 0.200. The van der Waals surface area contributed by atoms with E-state index in [4.69, 9.17) is 60.0 Å². The number of hydrogen-bond donors (Lipinski definition) is 0. The summed E-state index contributed by atoms with van der Waals surface area (Å²) in [6.07, 6.45) is 0. The molecule has 0 N–H and O–H groups in total. The van der Waals surface area contributed by atoms with Gasteiger partial charge in [-0.1, -0.05) is 60.0 Å². The van der Waals surface area contributed by atoms with Gasteiger partial charge in [-0.25, -0.2) is 3.35 Å². The molecule has 0 bridgehead atoms. The van der Waals surface area contributed by atoms with Gasteiger partial charge >= 0.3 is 0 Å². The first kappa shape index (κ1) is 18.3. The van der Waals surface area contributed by atoms with Gasteiger partial charge in [-0.2, -0.15) is 5.26 Å². The molecule has 118 valence electrons. The number of nitrogens with zero attached hydrogens (tertiary/aromatic N) is 3. The zero-order valence-electron chi connectivity index (χ0n) is 12.1. The molecule has 0 unspecified atom stereocenters. The normalized spacial score (nSPS) is 11.1. The fourth-order valence-corrected chi connectivity index (χ4v) is 2.96. The molecule has 2 aromatic rings. The predicted molar refractivity (Wildman–Crippen MR) is 97.7 cm³/mol. The van der Waals surface area contributed by atoms with Crippen LogP contribution in [0.5, 0.6) is 0 Å². The van der Waals surface area contributed by atoms with Crippen LogP contribution in [-0.4, -0.2) is 8.34 Å². The van der Waals surface area contributed by atoms with Crippen LogP contribution in [0.25, 0.3) is 11.3 Å². The Balaban J connectivity index is 2.84. The number of benzene rings is 1. The van der Waals surface area contributed by atoms with E-state index in [1.165, 1.54) is 0 Å². The second-order valence-electron chi connectivity index (χ2n) is 4.90. The van der Waals surface area contributed by atoms with Crippen molar-refractivity contribution < 1.29 is 3.35 Å². The van der Waals surface area contributed by atoms with Gasteiger partial charge in [-0.15, -0.1) is 0 Å². The van der Waals surface area contributed by atoms with Crippen molar-refractivity contribution in [3.8, 4) is 17.3 Å². The van der Waals surface area contributed by atoms with Crippen molar-refractivity contribution in [1.29, 1.82) is 5.26 Å². The summed E-state index contributed by atoms with van der Waals surface area (Å²) >= 11 is 28.2. The Bertz CT molecular complexity index is 839. The quantitative estimate of drug-likeness (QED) is 0.407. The van der Waals surface area contributed by atoms with Crippen molar-refractivity contribution >= 4 is 65.7 Å². The van der Waals surface area contributed by atoms with Crippen LogP contribution < -0.4 is 0 Å². The lowest BCUT2D eigenvalue weighted by molar-refractivity contribution is -0.197. The summed E-state index contributed by atoms with van der Waals surface area (Å²) in [5, 5.41) is 9.46. The standard InChI is InChI=1S/C15H10Cl3N3S2/c1-8-5-9(2)20-14(12(8)7-19)11-4-3-10(21(22)23)6-13(11)15(16,17)18/h3-6H,1-2H3. The largest absolute Gasteiger partial charge is 0.252 e. The van der Waals surface area contributed by atoms with Crippen molar-refractivity contribution in [1.82, 2.24) is 4.98 Å². The Hall–Kier alpha value is -1.03. The van der Waals surface area contributed by atoms with E-state index >= 15 is 0 Å². The molecule has 3 nitrogen and oxygen atoms in total. The van der Waals surface area contributed by atoms with E-state index in [0.29, 0.717) is 28.1 Å². The maximum atomic E-state index is 9.46. The summed E-state index contributed by atoms with van der Waals surface area (Å²) in [6.45, 7) is 3.68. The fourth-order valence-electron chi connectivity index (χ4n) is 2.26. The van der Waals surface area contributed by atoms with Crippen molar-refractivity contribution in [2.45, 2.75) is 17.6 Å². The molecule has 1 heterocycles. The summed E-state index contributed by atoms with van der Waals surface area (Å²) < 4.78 is -0.623. The number of alkyl halides is 3. The van der Waals surface area contributed by atoms with Gasteiger partial charge < -0.3 is 0 Å². The minimum absolute atomic E-state index is 0.369. The van der Waals surface area contributed by atoms with Crippen molar-refractivity contribution in [3.05, 3.63) is 46.6 Å². The molecular formula is C15H10Cl3N3S2. The van der Waals surface area contributed by atoms with E-state index in [1.54, 1.807) is 18.2 Å². The molecule has 23 heavy (non-hydrogen) atoms. The number of halogens is 3. The number of nitriles is 1. The maximum absolute atomic E-state index is 9.46. The molecular weight excluding hydrogens is 393 g/mol. The van der Waals surface area contributed by atoms with Crippen LogP contribution in [0, 0.1) is 25.2 Å². The topological polar surface area (TPSA) is 39.7 Å². The van der Waals surface area contributed by atoms with E-state index < -0.39 is 3.79 Å². The highest BCUT2D eigenvalue weighted by atomic mass is 35.6. The van der Waals surface area contributed by atoms with Crippen LogP contribution >= 0.6 is 34.8 Å². The third kappa shape index (κ3) is 3.90. The van der Waals surface area contributed by atoms with Crippen molar-refractivity contribution in [2.75, 3.05) is 0 Å². The molecule has 0 spiro atoms. The first-order chi connectivity index (χ1) is 10.6. The van der Waals surface area contributed by atoms with Gasteiger partial charge in [-0.05, 0) is 31.5 Å². The van der Waals surface area contributed by atoms with Gasteiger partial charge in [0.15, 0.2) is 0 Å². The molecule has 0 fully saturated rings. The van der Waals surface area contributed by atoms with Gasteiger partial charge in [0.25, 0.3) is 0 Å². The highest BCUT2D eigenvalue weighted by molar-refractivity contribution is 7.58. The van der Waals surface area contributed by atoms with Gasteiger partial charge in [0.05, 0.1) is 11.3 Å². The Morgan fingerprint density at radius 3 is 2.43 bits per heavy atom. The van der Waals surface area contributed by atoms with Crippen molar-refractivity contribution in [2.24, 2.45) is 0 Å². The molecule has 8 heteroatoms. The number of aromatic nitrogens is 1. The number of pyridine rings is 1. The molecule has 0 aliphatic heterocycles. The third-order valence-corrected chi connectivity index (χ3v) is 4.26. The predicted octanol–water partition coefficient (Wildman–Crippen LogP) is 4.90. The number of aryl methyl sites for hydroxylation is 2. The summed E-state index contributed by atoms with van der Waals surface area (Å²) in [5.41, 5.74) is 3.94. The highest BCUT2D eigenvalue weighted by Crippen LogP contribution is 2.45. The second kappa shape index (κ2) is 6.84. The SMILES string of the molecule is Cc1cc(C)c(C#N)c(-c2ccc([N+](=S)[S-])cc2C(Cl)(Cl)Cl)n1. The van der Waals surface area contributed by atoms with E-state index in [1.807, 2.05) is 19.9 Å². The minimum Gasteiger partial charge on any atom is -0.252 e. The average Bonchev–Trinajstić information content (AvgIpc) is 2.44. The summed E-state index contributed by atoms with van der Waals surface area (Å²) in [4.78, 5) is 4.46. The smallest absolute Gasteiger partial charge is 0.216 e. The van der Waals surface area contributed by atoms with Crippen molar-refractivity contribution in [3.63, 3.8) is 0 Å². The Morgan fingerprint density at radius 2 is 1.91 bits per heavy atom. The van der Waals surface area contributed by atoms with E-state index in [-0.39, 0.29) is 0 Å². The van der Waals surface area contributed by atoms with Gasteiger partial charge in [0.2, 0.25) is 9.48 Å². The Morgan fingerprint density at radius 1 is 1.26 bits per heavy atom. The van der Waals surface area contributed by atoms with E-state index in [9.17, 15) is 5.26 Å². The third-order valence-electron chi connectivity index (χ3n) is 3.23. The Labute approximate surface area is 160 Å². The lowest BCUT2D eigenvalue weighted by Crippen LogP contribution is -2.07. The van der Waals surface area contributed by atoms with Crippen LogP contribution in [0.2, 0.25) is 0 Å². The van der Waals surface area contributed by atoms with Gasteiger partial charge in [-0.3, -0.25) is 4.98 Å². The number of rotatable bonds is 2. The molecule has 1 aromatic heterocycles. The lowest BCUT2D eigenvalue weighted by Gasteiger charge is -2.18. The summed E-state index contributed by atoms with van der Waals surface area (Å²) in [6, 6.07) is 9.01. The monoisotopic (exact) mass is 401 g/mol. The molecule has 0 saturated carbocycles. The van der Waals surface area contributed by atoms with Crippen LogP contribution in [0.3, 0.4) is 0 Å². The minimum atomic E-state index is -1.71. The highest BCUT2D eigenvalue weighted by Gasteiger charge is 2.29. The Kier molecular flexibility index (Phi) is 5.44. The molecule has 0 aliphatic rings.